The minimum atomic E-state index is -0.981. The van der Waals surface area contributed by atoms with Gasteiger partial charge in [0.2, 0.25) is 5.91 Å². The van der Waals surface area contributed by atoms with E-state index in [4.69, 9.17) is 10.8 Å². The fourth-order valence-corrected chi connectivity index (χ4v) is 2.23. The Morgan fingerprint density at radius 3 is 2.68 bits per heavy atom. The summed E-state index contributed by atoms with van der Waals surface area (Å²) in [6, 6.07) is 2.38. The van der Waals surface area contributed by atoms with Crippen LogP contribution in [0.4, 0.5) is 4.79 Å². The highest BCUT2D eigenvalue weighted by atomic mass is 32.1. The highest BCUT2D eigenvalue weighted by Gasteiger charge is 2.18. The lowest BCUT2D eigenvalue weighted by Crippen LogP contribution is -2.36. The highest BCUT2D eigenvalue weighted by Crippen LogP contribution is 2.21. The quantitative estimate of drug-likeness (QED) is 0.580. The molecule has 0 fully saturated rings. The smallest absolute Gasteiger partial charge is 0.312 e. The summed E-state index contributed by atoms with van der Waals surface area (Å²) in [5.41, 5.74) is 5.06. The lowest BCUT2D eigenvalue weighted by Gasteiger charge is -2.15. The zero-order valence-corrected chi connectivity index (χ0v) is 10.9. The van der Waals surface area contributed by atoms with Crippen LogP contribution in [0.25, 0.3) is 0 Å². The maximum atomic E-state index is 11.6. The first-order valence-electron chi connectivity index (χ1n) is 5.57. The number of nitrogens with one attached hydrogen (secondary N) is 2. The first-order valence-corrected chi connectivity index (χ1v) is 6.45. The fraction of sp³-hybridized carbons (Fsp3) is 0.364. The van der Waals surface area contributed by atoms with Gasteiger partial charge in [0.05, 0.1) is 18.9 Å². The van der Waals surface area contributed by atoms with E-state index in [-0.39, 0.29) is 25.3 Å². The van der Waals surface area contributed by atoms with Crippen molar-refractivity contribution in [3.05, 3.63) is 22.4 Å². The molecule has 104 valence electrons. The Hall–Kier alpha value is -2.09. The summed E-state index contributed by atoms with van der Waals surface area (Å²) in [5.74, 6) is -1.32. The van der Waals surface area contributed by atoms with E-state index in [9.17, 15) is 14.4 Å². The number of aliphatic carboxylic acids is 1. The van der Waals surface area contributed by atoms with E-state index in [1.165, 1.54) is 11.3 Å². The minimum absolute atomic E-state index is 0.0169. The van der Waals surface area contributed by atoms with Gasteiger partial charge in [-0.1, -0.05) is 6.07 Å². The zero-order valence-electron chi connectivity index (χ0n) is 10.1. The van der Waals surface area contributed by atoms with Crippen LogP contribution in [-0.2, 0) is 9.59 Å². The molecule has 3 amide bonds. The molecule has 8 heteroatoms. The molecule has 1 unspecified atom stereocenters. The third-order valence-corrected chi connectivity index (χ3v) is 3.24. The second kappa shape index (κ2) is 7.37. The molecule has 19 heavy (non-hydrogen) atoms. The standard InChI is InChI=1S/C11H15N3O4S/c12-11(18)14-7(8-2-1-5-19-8)6-9(15)13-4-3-10(16)17/h1-2,5,7H,3-4,6H2,(H,13,15)(H,16,17)(H3,12,14,18). The molecule has 1 aromatic rings. The number of thiophene rings is 1. The third kappa shape index (κ3) is 5.87. The van der Waals surface area contributed by atoms with Crippen molar-refractivity contribution >= 4 is 29.2 Å². The van der Waals surface area contributed by atoms with Gasteiger partial charge < -0.3 is 21.5 Å². The van der Waals surface area contributed by atoms with Gasteiger partial charge >= 0.3 is 12.0 Å². The van der Waals surface area contributed by atoms with Gasteiger partial charge in [-0.25, -0.2) is 4.79 Å². The molecule has 0 aromatic carbocycles. The van der Waals surface area contributed by atoms with E-state index in [0.717, 1.165) is 4.88 Å². The Morgan fingerprint density at radius 1 is 1.42 bits per heavy atom. The molecule has 1 heterocycles. The van der Waals surface area contributed by atoms with Gasteiger partial charge in [-0.3, -0.25) is 9.59 Å². The highest BCUT2D eigenvalue weighted by molar-refractivity contribution is 7.10. The van der Waals surface area contributed by atoms with E-state index < -0.39 is 18.0 Å². The van der Waals surface area contributed by atoms with Gasteiger partial charge in [0.1, 0.15) is 0 Å². The van der Waals surface area contributed by atoms with Crippen LogP contribution in [0.15, 0.2) is 17.5 Å². The van der Waals surface area contributed by atoms with E-state index in [2.05, 4.69) is 10.6 Å². The SMILES string of the molecule is NC(=O)NC(CC(=O)NCCC(=O)O)c1cccs1. The summed E-state index contributed by atoms with van der Waals surface area (Å²) in [6.07, 6.45) is -0.123. The second-order valence-electron chi connectivity index (χ2n) is 3.77. The molecule has 7 nitrogen and oxygen atoms in total. The zero-order chi connectivity index (χ0) is 14.3. The van der Waals surface area contributed by atoms with Crippen LogP contribution < -0.4 is 16.4 Å². The maximum Gasteiger partial charge on any atom is 0.312 e. The first-order chi connectivity index (χ1) is 8.99. The van der Waals surface area contributed by atoms with Crippen LogP contribution in [0.1, 0.15) is 23.8 Å². The molecule has 0 radical (unpaired) electrons. The van der Waals surface area contributed by atoms with E-state index >= 15 is 0 Å². The Labute approximate surface area is 113 Å². The van der Waals surface area contributed by atoms with Crippen molar-refractivity contribution in [2.45, 2.75) is 18.9 Å². The van der Waals surface area contributed by atoms with Gasteiger partial charge in [-0.05, 0) is 11.4 Å². The molecule has 0 spiro atoms. The molecule has 5 N–H and O–H groups in total. The van der Waals surface area contributed by atoms with Gasteiger partial charge in [0.25, 0.3) is 0 Å². The number of carbonyl (C=O) groups excluding carboxylic acids is 2. The lowest BCUT2D eigenvalue weighted by atomic mass is 10.1. The predicted molar refractivity (Wildman–Crippen MR) is 69.7 cm³/mol. The van der Waals surface area contributed by atoms with Crippen LogP contribution in [0.2, 0.25) is 0 Å². The largest absolute Gasteiger partial charge is 0.481 e. The molecule has 0 saturated heterocycles. The van der Waals surface area contributed by atoms with Crippen molar-refractivity contribution in [2.24, 2.45) is 5.73 Å². The average molecular weight is 285 g/mol. The third-order valence-electron chi connectivity index (χ3n) is 2.25. The molecule has 0 aliphatic carbocycles. The molecule has 0 saturated carbocycles. The number of hydrogen-bond donors (Lipinski definition) is 4. The number of carboxylic acids is 1. The van der Waals surface area contributed by atoms with E-state index in [1.807, 2.05) is 5.38 Å². The summed E-state index contributed by atoms with van der Waals surface area (Å²) in [6.45, 7) is 0.0574. The van der Waals surface area contributed by atoms with Crippen LogP contribution in [-0.4, -0.2) is 29.6 Å². The fourth-order valence-electron chi connectivity index (χ4n) is 1.45. The van der Waals surface area contributed by atoms with E-state index in [0.29, 0.717) is 0 Å². The number of carbonyl (C=O) groups is 3. The molecule has 0 aliphatic rings. The normalized spacial score (nSPS) is 11.6. The van der Waals surface area contributed by atoms with Crippen LogP contribution in [0, 0.1) is 0 Å². The minimum Gasteiger partial charge on any atom is -0.481 e. The molecular formula is C11H15N3O4S. The molecule has 1 atom stereocenters. The van der Waals surface area contributed by atoms with Crippen molar-refractivity contribution in [1.82, 2.24) is 10.6 Å². The van der Waals surface area contributed by atoms with Crippen molar-refractivity contribution in [2.75, 3.05) is 6.54 Å². The van der Waals surface area contributed by atoms with Gasteiger partial charge in [-0.2, -0.15) is 0 Å². The van der Waals surface area contributed by atoms with Crippen molar-refractivity contribution in [3.63, 3.8) is 0 Å². The number of carboxylic acid groups (broad SMARTS) is 1. The molecule has 0 bridgehead atoms. The molecular weight excluding hydrogens is 270 g/mol. The van der Waals surface area contributed by atoms with Gasteiger partial charge in [0.15, 0.2) is 0 Å². The van der Waals surface area contributed by atoms with E-state index in [1.54, 1.807) is 12.1 Å². The Balaban J connectivity index is 2.50. The van der Waals surface area contributed by atoms with Crippen molar-refractivity contribution in [1.29, 1.82) is 0 Å². The molecule has 1 aromatic heterocycles. The Bertz CT molecular complexity index is 447. The number of rotatable bonds is 7. The van der Waals surface area contributed by atoms with Crippen LogP contribution in [0.3, 0.4) is 0 Å². The number of primary amides is 1. The van der Waals surface area contributed by atoms with Crippen molar-refractivity contribution in [3.8, 4) is 0 Å². The van der Waals surface area contributed by atoms with Crippen molar-refractivity contribution < 1.29 is 19.5 Å². The Kier molecular flexibility index (Phi) is 5.80. The summed E-state index contributed by atoms with van der Waals surface area (Å²) in [4.78, 5) is 33.6. The summed E-state index contributed by atoms with van der Waals surface area (Å²) < 4.78 is 0. The maximum absolute atomic E-state index is 11.6. The summed E-state index contributed by atoms with van der Waals surface area (Å²) in [5, 5.41) is 15.2. The topological polar surface area (TPSA) is 122 Å². The summed E-state index contributed by atoms with van der Waals surface area (Å²) >= 11 is 1.40. The second-order valence-corrected chi connectivity index (χ2v) is 4.75. The Morgan fingerprint density at radius 2 is 2.16 bits per heavy atom. The number of amides is 3. The lowest BCUT2D eigenvalue weighted by molar-refractivity contribution is -0.136. The monoisotopic (exact) mass is 285 g/mol. The van der Waals surface area contributed by atoms with Crippen LogP contribution >= 0.6 is 11.3 Å². The molecule has 1 rings (SSSR count). The summed E-state index contributed by atoms with van der Waals surface area (Å²) in [7, 11) is 0. The number of nitrogens with two attached hydrogens (primary N) is 1. The number of urea groups is 1. The molecule has 0 aliphatic heterocycles. The average Bonchev–Trinajstić information content (AvgIpc) is 2.80. The predicted octanol–water partition coefficient (Wildman–Crippen LogP) is 0.439. The van der Waals surface area contributed by atoms with Gasteiger partial charge in [0, 0.05) is 11.4 Å². The van der Waals surface area contributed by atoms with Crippen LogP contribution in [0.5, 0.6) is 0 Å². The van der Waals surface area contributed by atoms with Gasteiger partial charge in [-0.15, -0.1) is 11.3 Å². The number of hydrogen-bond acceptors (Lipinski definition) is 4. The first kappa shape index (κ1) is 15.0.